The van der Waals surface area contributed by atoms with Crippen LogP contribution in [0, 0.1) is 5.92 Å². The van der Waals surface area contributed by atoms with E-state index >= 15 is 0 Å². The van der Waals surface area contributed by atoms with E-state index < -0.39 is 0 Å². The molecule has 2 atom stereocenters. The van der Waals surface area contributed by atoms with Gasteiger partial charge in [-0.2, -0.15) is 0 Å². The van der Waals surface area contributed by atoms with E-state index in [1.54, 1.807) is 0 Å². The molecule has 1 fully saturated rings. The highest BCUT2D eigenvalue weighted by Gasteiger charge is 2.27. The fraction of sp³-hybridized carbons (Fsp3) is 0.500. The Kier molecular flexibility index (Phi) is 3.10. The van der Waals surface area contributed by atoms with Crippen molar-refractivity contribution in [3.63, 3.8) is 0 Å². The predicted molar refractivity (Wildman–Crippen MR) is 68.2 cm³/mol. The molecular formula is C14H18N2O. The van der Waals surface area contributed by atoms with Crippen LogP contribution in [0.3, 0.4) is 0 Å². The summed E-state index contributed by atoms with van der Waals surface area (Å²) in [5.41, 5.74) is 1.26. The maximum Gasteiger partial charge on any atom is 0.188 e. The molecule has 0 saturated carbocycles. The molecule has 3 heteroatoms. The Balaban J connectivity index is 1.72. The third-order valence-electron chi connectivity index (χ3n) is 3.50. The van der Waals surface area contributed by atoms with Gasteiger partial charge in [-0.05, 0) is 24.9 Å². The van der Waals surface area contributed by atoms with Gasteiger partial charge in [-0.15, -0.1) is 0 Å². The number of ether oxygens (including phenoxy) is 1. The quantitative estimate of drug-likeness (QED) is 0.844. The molecule has 90 valence electrons. The number of hydrogen-bond donors (Lipinski definition) is 1. The fourth-order valence-electron chi connectivity index (χ4n) is 2.52. The van der Waals surface area contributed by atoms with Gasteiger partial charge < -0.3 is 10.1 Å². The van der Waals surface area contributed by atoms with Crippen molar-refractivity contribution in [1.29, 1.82) is 0 Å². The average Bonchev–Trinajstić information content (AvgIpc) is 2.90. The smallest absolute Gasteiger partial charge is 0.188 e. The summed E-state index contributed by atoms with van der Waals surface area (Å²) >= 11 is 0. The van der Waals surface area contributed by atoms with Crippen molar-refractivity contribution in [3.8, 4) is 0 Å². The molecule has 0 amide bonds. The highest BCUT2D eigenvalue weighted by atomic mass is 16.5. The van der Waals surface area contributed by atoms with E-state index in [1.165, 1.54) is 18.4 Å². The molecule has 0 bridgehead atoms. The maximum absolute atomic E-state index is 5.77. The lowest BCUT2D eigenvalue weighted by Gasteiger charge is -2.21. The largest absolute Gasteiger partial charge is 0.478 e. The van der Waals surface area contributed by atoms with Gasteiger partial charge in [0.1, 0.15) is 12.6 Å². The van der Waals surface area contributed by atoms with Crippen LogP contribution in [-0.4, -0.2) is 25.6 Å². The molecule has 2 heterocycles. The third-order valence-corrected chi connectivity index (χ3v) is 3.50. The van der Waals surface area contributed by atoms with E-state index in [-0.39, 0.29) is 6.04 Å². The first-order chi connectivity index (χ1) is 8.43. The van der Waals surface area contributed by atoms with Gasteiger partial charge in [0.15, 0.2) is 5.90 Å². The van der Waals surface area contributed by atoms with Crippen LogP contribution in [0.25, 0.3) is 0 Å². The SMILES string of the molecule is c1ccc(C2COC(C3CCCNC3)=N2)cc1. The predicted octanol–water partition coefficient (Wildman–Crippen LogP) is 2.16. The number of rotatable bonds is 2. The van der Waals surface area contributed by atoms with Crippen LogP contribution in [0.4, 0.5) is 0 Å². The molecular weight excluding hydrogens is 212 g/mol. The Morgan fingerprint density at radius 3 is 2.88 bits per heavy atom. The molecule has 0 radical (unpaired) electrons. The molecule has 2 unspecified atom stereocenters. The molecule has 0 aliphatic carbocycles. The zero-order valence-electron chi connectivity index (χ0n) is 9.93. The molecule has 17 heavy (non-hydrogen) atoms. The van der Waals surface area contributed by atoms with Crippen molar-refractivity contribution < 1.29 is 4.74 Å². The van der Waals surface area contributed by atoms with Gasteiger partial charge in [-0.3, -0.25) is 0 Å². The Morgan fingerprint density at radius 1 is 1.24 bits per heavy atom. The molecule has 2 aliphatic heterocycles. The van der Waals surface area contributed by atoms with Crippen LogP contribution in [-0.2, 0) is 4.74 Å². The van der Waals surface area contributed by atoms with Crippen LogP contribution in [0.1, 0.15) is 24.4 Å². The summed E-state index contributed by atoms with van der Waals surface area (Å²) in [6.45, 7) is 2.85. The fourth-order valence-corrected chi connectivity index (χ4v) is 2.52. The first kappa shape index (κ1) is 10.8. The summed E-state index contributed by atoms with van der Waals surface area (Å²) in [5, 5.41) is 3.41. The van der Waals surface area contributed by atoms with Gasteiger partial charge >= 0.3 is 0 Å². The van der Waals surface area contributed by atoms with Gasteiger partial charge in [-0.25, -0.2) is 4.99 Å². The minimum Gasteiger partial charge on any atom is -0.478 e. The van der Waals surface area contributed by atoms with E-state index in [9.17, 15) is 0 Å². The first-order valence-electron chi connectivity index (χ1n) is 6.39. The second kappa shape index (κ2) is 4.88. The lowest BCUT2D eigenvalue weighted by atomic mass is 9.99. The molecule has 0 spiro atoms. The Labute approximate surface area is 102 Å². The number of benzene rings is 1. The van der Waals surface area contributed by atoms with Crippen molar-refractivity contribution in [3.05, 3.63) is 35.9 Å². The number of aliphatic imine (C=N–C) groups is 1. The van der Waals surface area contributed by atoms with Gasteiger partial charge in [-0.1, -0.05) is 30.3 Å². The topological polar surface area (TPSA) is 33.6 Å². The Bertz CT molecular complexity index is 396. The molecule has 0 aromatic heterocycles. The summed E-state index contributed by atoms with van der Waals surface area (Å²) in [4.78, 5) is 4.74. The molecule has 1 N–H and O–H groups in total. The van der Waals surface area contributed by atoms with Crippen LogP contribution in [0.2, 0.25) is 0 Å². The number of piperidine rings is 1. The highest BCUT2D eigenvalue weighted by molar-refractivity contribution is 5.80. The van der Waals surface area contributed by atoms with E-state index in [4.69, 9.17) is 9.73 Å². The zero-order valence-corrected chi connectivity index (χ0v) is 9.93. The van der Waals surface area contributed by atoms with Crippen molar-refractivity contribution >= 4 is 5.90 Å². The lowest BCUT2D eigenvalue weighted by molar-refractivity contribution is 0.286. The van der Waals surface area contributed by atoms with Gasteiger partial charge in [0, 0.05) is 12.5 Å². The summed E-state index contributed by atoms with van der Waals surface area (Å²) in [5.74, 6) is 1.45. The van der Waals surface area contributed by atoms with Crippen LogP contribution < -0.4 is 5.32 Å². The second-order valence-electron chi connectivity index (χ2n) is 4.75. The molecule has 1 aromatic carbocycles. The zero-order chi connectivity index (χ0) is 11.5. The first-order valence-corrected chi connectivity index (χ1v) is 6.39. The lowest BCUT2D eigenvalue weighted by Crippen LogP contribution is -2.34. The normalized spacial score (nSPS) is 28.6. The minimum absolute atomic E-state index is 0.202. The van der Waals surface area contributed by atoms with Crippen molar-refractivity contribution in [2.45, 2.75) is 18.9 Å². The summed E-state index contributed by atoms with van der Waals surface area (Å²) in [7, 11) is 0. The number of nitrogens with zero attached hydrogens (tertiary/aromatic N) is 1. The van der Waals surface area contributed by atoms with E-state index in [2.05, 4.69) is 29.6 Å². The van der Waals surface area contributed by atoms with Crippen molar-refractivity contribution in [1.82, 2.24) is 5.32 Å². The van der Waals surface area contributed by atoms with Crippen LogP contribution in [0.15, 0.2) is 35.3 Å². The number of nitrogens with one attached hydrogen (secondary N) is 1. The van der Waals surface area contributed by atoms with Gasteiger partial charge in [0.05, 0.1) is 0 Å². The Morgan fingerprint density at radius 2 is 2.12 bits per heavy atom. The van der Waals surface area contributed by atoms with Crippen molar-refractivity contribution in [2.24, 2.45) is 10.9 Å². The number of hydrogen-bond acceptors (Lipinski definition) is 3. The highest BCUT2D eigenvalue weighted by Crippen LogP contribution is 2.26. The molecule has 2 aliphatic rings. The monoisotopic (exact) mass is 230 g/mol. The van der Waals surface area contributed by atoms with Gasteiger partial charge in [0.25, 0.3) is 0 Å². The second-order valence-corrected chi connectivity index (χ2v) is 4.75. The maximum atomic E-state index is 5.77. The van der Waals surface area contributed by atoms with Crippen LogP contribution >= 0.6 is 0 Å². The van der Waals surface area contributed by atoms with Crippen LogP contribution in [0.5, 0.6) is 0 Å². The summed E-state index contributed by atoms with van der Waals surface area (Å²) in [6.07, 6.45) is 2.43. The van der Waals surface area contributed by atoms with Gasteiger partial charge in [0.2, 0.25) is 0 Å². The minimum atomic E-state index is 0.202. The van der Waals surface area contributed by atoms with E-state index in [0.717, 1.165) is 19.0 Å². The Hall–Kier alpha value is -1.35. The molecule has 3 rings (SSSR count). The molecule has 1 saturated heterocycles. The average molecular weight is 230 g/mol. The van der Waals surface area contributed by atoms with E-state index in [0.29, 0.717) is 12.5 Å². The van der Waals surface area contributed by atoms with Crippen molar-refractivity contribution in [2.75, 3.05) is 19.7 Å². The standard InChI is InChI=1S/C14H18N2O/c1-2-5-11(6-3-1)13-10-17-14(16-13)12-7-4-8-15-9-12/h1-3,5-6,12-13,15H,4,7-10H2. The molecule has 1 aromatic rings. The third kappa shape index (κ3) is 2.34. The van der Waals surface area contributed by atoms with E-state index in [1.807, 2.05) is 6.07 Å². The summed E-state index contributed by atoms with van der Waals surface area (Å²) < 4.78 is 5.77. The summed E-state index contributed by atoms with van der Waals surface area (Å²) in [6, 6.07) is 10.6. The molecule has 3 nitrogen and oxygen atoms in total.